The average Bonchev–Trinajstić information content (AvgIpc) is 2.74. The van der Waals surface area contributed by atoms with Gasteiger partial charge in [-0.05, 0) is 54.8 Å². The summed E-state index contributed by atoms with van der Waals surface area (Å²) in [5.41, 5.74) is 7.77. The van der Waals surface area contributed by atoms with E-state index in [1.165, 1.54) is 0 Å². The fraction of sp³-hybridized carbons (Fsp3) is 0.292. The Labute approximate surface area is 178 Å². The molecule has 1 amide bonds. The minimum atomic E-state index is -0.213. The van der Waals surface area contributed by atoms with Crippen LogP contribution in [0.1, 0.15) is 19.4 Å². The van der Waals surface area contributed by atoms with Gasteiger partial charge in [0.1, 0.15) is 17.2 Å². The Morgan fingerprint density at radius 2 is 1.60 bits per heavy atom. The van der Waals surface area contributed by atoms with E-state index in [0.717, 1.165) is 17.1 Å². The summed E-state index contributed by atoms with van der Waals surface area (Å²) in [5.74, 6) is 2.19. The number of hydrogen-bond acceptors (Lipinski definition) is 5. The lowest BCUT2D eigenvalue weighted by molar-refractivity contribution is -0.117. The molecule has 2 aromatic rings. The molecular weight excluding hydrogens is 380 g/mol. The van der Waals surface area contributed by atoms with Crippen LogP contribution in [-0.4, -0.2) is 26.7 Å². The largest absolute Gasteiger partial charge is 0.497 e. The van der Waals surface area contributed by atoms with Crippen molar-refractivity contribution in [1.29, 1.82) is 0 Å². The number of amides is 1. The lowest BCUT2D eigenvalue weighted by Gasteiger charge is -2.10. The van der Waals surface area contributed by atoms with Gasteiger partial charge in [0, 0.05) is 19.4 Å². The van der Waals surface area contributed by atoms with Crippen LogP contribution in [0.3, 0.4) is 0 Å². The molecule has 0 fully saturated rings. The van der Waals surface area contributed by atoms with Crippen molar-refractivity contribution < 1.29 is 19.0 Å². The quantitative estimate of drug-likeness (QED) is 0.454. The van der Waals surface area contributed by atoms with E-state index >= 15 is 0 Å². The molecule has 0 heterocycles. The predicted octanol–water partition coefficient (Wildman–Crippen LogP) is 4.18. The third-order valence-electron chi connectivity index (χ3n) is 4.36. The molecule has 6 nitrogen and oxygen atoms in total. The minimum absolute atomic E-state index is 0.190. The molecule has 0 bridgehead atoms. The van der Waals surface area contributed by atoms with Crippen LogP contribution in [0.4, 0.5) is 0 Å². The van der Waals surface area contributed by atoms with Gasteiger partial charge < -0.3 is 25.3 Å². The first-order valence-corrected chi connectivity index (χ1v) is 9.75. The van der Waals surface area contributed by atoms with Gasteiger partial charge in [0.25, 0.3) is 5.91 Å². The highest BCUT2D eigenvalue weighted by Gasteiger charge is 2.09. The summed E-state index contributed by atoms with van der Waals surface area (Å²) in [6.07, 6.45) is 3.67. The zero-order valence-corrected chi connectivity index (χ0v) is 18.0. The first-order chi connectivity index (χ1) is 14.4. The van der Waals surface area contributed by atoms with Crippen LogP contribution < -0.4 is 20.5 Å². The van der Waals surface area contributed by atoms with Gasteiger partial charge in [-0.25, -0.2) is 0 Å². The molecule has 30 heavy (non-hydrogen) atoms. The lowest BCUT2D eigenvalue weighted by Crippen LogP contribution is -2.25. The summed E-state index contributed by atoms with van der Waals surface area (Å²) in [4.78, 5) is 12.5. The highest BCUT2D eigenvalue weighted by atomic mass is 16.5. The second-order valence-electron chi connectivity index (χ2n) is 6.99. The number of methoxy groups -OCH3 is 2. The van der Waals surface area contributed by atoms with E-state index in [0.29, 0.717) is 30.2 Å². The first kappa shape index (κ1) is 23.0. The Kier molecular flexibility index (Phi) is 8.97. The number of allylic oxidation sites excluding steroid dienone is 1. The second kappa shape index (κ2) is 11.7. The maximum Gasteiger partial charge on any atom is 0.253 e. The van der Waals surface area contributed by atoms with E-state index < -0.39 is 0 Å². The van der Waals surface area contributed by atoms with Crippen molar-refractivity contribution in [3.8, 4) is 17.2 Å². The molecule has 0 aliphatic carbocycles. The zero-order valence-electron chi connectivity index (χ0n) is 18.0. The smallest absolute Gasteiger partial charge is 0.253 e. The fourth-order valence-electron chi connectivity index (χ4n) is 2.70. The van der Waals surface area contributed by atoms with Crippen LogP contribution in [0.5, 0.6) is 17.2 Å². The molecule has 0 saturated carbocycles. The van der Waals surface area contributed by atoms with Gasteiger partial charge in [-0.3, -0.25) is 4.79 Å². The minimum Gasteiger partial charge on any atom is -0.497 e. The molecule has 0 saturated heterocycles. The molecular formula is C24H30N2O4. The Morgan fingerprint density at radius 1 is 1.03 bits per heavy atom. The summed E-state index contributed by atoms with van der Waals surface area (Å²) < 4.78 is 16.1. The van der Waals surface area contributed by atoms with Crippen molar-refractivity contribution in [3.63, 3.8) is 0 Å². The van der Waals surface area contributed by atoms with Crippen molar-refractivity contribution in [1.82, 2.24) is 5.32 Å². The van der Waals surface area contributed by atoms with E-state index in [1.54, 1.807) is 27.2 Å². The van der Waals surface area contributed by atoms with Gasteiger partial charge in [0.2, 0.25) is 0 Å². The van der Waals surface area contributed by atoms with Crippen molar-refractivity contribution in [2.45, 2.75) is 20.4 Å². The Morgan fingerprint density at radius 3 is 2.13 bits per heavy atom. The van der Waals surface area contributed by atoms with E-state index in [-0.39, 0.29) is 11.8 Å². The predicted molar refractivity (Wildman–Crippen MR) is 118 cm³/mol. The lowest BCUT2D eigenvalue weighted by atomic mass is 10.1. The molecule has 0 aliphatic rings. The highest BCUT2D eigenvalue weighted by Crippen LogP contribution is 2.24. The topological polar surface area (TPSA) is 82.8 Å². The number of carbonyl (C=O) groups excluding carboxylic acids is 1. The van der Waals surface area contributed by atoms with Crippen LogP contribution in [0.2, 0.25) is 0 Å². The molecule has 2 rings (SSSR count). The monoisotopic (exact) mass is 410 g/mol. The van der Waals surface area contributed by atoms with Crippen LogP contribution in [0, 0.1) is 5.92 Å². The van der Waals surface area contributed by atoms with Crippen molar-refractivity contribution >= 4 is 5.91 Å². The van der Waals surface area contributed by atoms with E-state index in [9.17, 15) is 4.79 Å². The van der Waals surface area contributed by atoms with Crippen molar-refractivity contribution in [3.05, 3.63) is 77.5 Å². The Balaban J connectivity index is 1.92. The third kappa shape index (κ3) is 7.29. The number of benzene rings is 2. The van der Waals surface area contributed by atoms with E-state index in [1.807, 2.05) is 61.5 Å². The van der Waals surface area contributed by atoms with Crippen LogP contribution in [0.15, 0.2) is 72.0 Å². The summed E-state index contributed by atoms with van der Waals surface area (Å²) in [7, 11) is 3.27. The Hall–Kier alpha value is -3.25. The molecule has 0 spiro atoms. The molecule has 1 atom stereocenters. The number of carbonyl (C=O) groups is 1. The summed E-state index contributed by atoms with van der Waals surface area (Å²) in [6.45, 7) is 4.70. The van der Waals surface area contributed by atoms with Gasteiger partial charge in [-0.2, -0.15) is 0 Å². The molecule has 2 aromatic carbocycles. The summed E-state index contributed by atoms with van der Waals surface area (Å²) in [6, 6.07) is 14.9. The molecule has 6 heteroatoms. The number of ether oxygens (including phenoxy) is 3. The normalized spacial score (nSPS) is 12.9. The van der Waals surface area contributed by atoms with Crippen LogP contribution in [-0.2, 0) is 16.1 Å². The van der Waals surface area contributed by atoms with Gasteiger partial charge in [0.15, 0.2) is 0 Å². The SMILES string of the molecule is COCC(C)/C=C\C(C(=O)NCc1ccc(Oc2ccc(OC)cc2)cc1)=C(/C)N. The van der Waals surface area contributed by atoms with Gasteiger partial charge in [-0.15, -0.1) is 0 Å². The van der Waals surface area contributed by atoms with E-state index in [4.69, 9.17) is 19.9 Å². The molecule has 160 valence electrons. The molecule has 0 aromatic heterocycles. The highest BCUT2D eigenvalue weighted by molar-refractivity contribution is 5.96. The third-order valence-corrected chi connectivity index (χ3v) is 4.36. The Bertz CT molecular complexity index is 867. The van der Waals surface area contributed by atoms with Crippen molar-refractivity contribution in [2.24, 2.45) is 11.7 Å². The number of nitrogens with two attached hydrogens (primary N) is 1. The first-order valence-electron chi connectivity index (χ1n) is 9.75. The molecule has 1 unspecified atom stereocenters. The fourth-order valence-corrected chi connectivity index (χ4v) is 2.70. The van der Waals surface area contributed by atoms with Crippen LogP contribution in [0.25, 0.3) is 0 Å². The second-order valence-corrected chi connectivity index (χ2v) is 6.99. The van der Waals surface area contributed by atoms with Gasteiger partial charge in [-0.1, -0.05) is 31.2 Å². The maximum atomic E-state index is 12.5. The standard InChI is InChI=1S/C24H30N2O4/c1-17(16-28-3)5-14-23(18(2)25)24(27)26-15-19-6-8-21(9-7-19)30-22-12-10-20(29-4)11-13-22/h5-14,17H,15-16,25H2,1-4H3,(H,26,27)/b14-5-,23-18-. The molecule has 3 N–H and O–H groups in total. The maximum absolute atomic E-state index is 12.5. The zero-order chi connectivity index (χ0) is 21.9. The molecule has 0 aliphatic heterocycles. The summed E-state index contributed by atoms with van der Waals surface area (Å²) in [5, 5.41) is 2.90. The average molecular weight is 411 g/mol. The molecule has 0 radical (unpaired) electrons. The number of nitrogens with one attached hydrogen (secondary N) is 1. The van der Waals surface area contributed by atoms with Crippen molar-refractivity contribution in [2.75, 3.05) is 20.8 Å². The van der Waals surface area contributed by atoms with Gasteiger partial charge >= 0.3 is 0 Å². The van der Waals surface area contributed by atoms with E-state index in [2.05, 4.69) is 5.32 Å². The summed E-state index contributed by atoms with van der Waals surface area (Å²) >= 11 is 0. The van der Waals surface area contributed by atoms with Crippen LogP contribution >= 0.6 is 0 Å². The van der Waals surface area contributed by atoms with Gasteiger partial charge in [0.05, 0.1) is 19.3 Å². The number of hydrogen-bond donors (Lipinski definition) is 2. The number of rotatable bonds is 10.